The van der Waals surface area contributed by atoms with Gasteiger partial charge in [0.05, 0.1) is 12.0 Å². The van der Waals surface area contributed by atoms with Crippen LogP contribution in [0, 0.1) is 11.8 Å². The van der Waals surface area contributed by atoms with Crippen LogP contribution in [-0.2, 0) is 16.8 Å². The van der Waals surface area contributed by atoms with E-state index in [1.54, 1.807) is 6.21 Å². The largest absolute Gasteiger partial charge is 0.411 e. The number of nitrogens with zero attached hydrogens (tertiary/aromatic N) is 1. The SMILES string of the molecule is O=S(O)Cc1cccc(C2=C(C3CCCC3)CCC2C=NO)c1. The first-order chi connectivity index (χ1) is 11.2. The lowest BCUT2D eigenvalue weighted by Gasteiger charge is -2.17. The Labute approximate surface area is 139 Å². The molecule has 1 fully saturated rings. The number of rotatable bonds is 5. The number of hydrogen-bond donors (Lipinski definition) is 2. The third-order valence-corrected chi connectivity index (χ3v) is 5.64. The van der Waals surface area contributed by atoms with E-state index in [2.05, 4.69) is 11.2 Å². The molecule has 2 aliphatic carbocycles. The van der Waals surface area contributed by atoms with Gasteiger partial charge in [0.15, 0.2) is 11.1 Å². The van der Waals surface area contributed by atoms with Gasteiger partial charge in [-0.15, -0.1) is 5.16 Å². The highest BCUT2D eigenvalue weighted by atomic mass is 32.2. The quantitative estimate of drug-likeness (QED) is 0.367. The number of benzene rings is 1. The second kappa shape index (κ2) is 7.41. The number of hydrogen-bond acceptors (Lipinski definition) is 3. The minimum Gasteiger partial charge on any atom is -0.411 e. The summed E-state index contributed by atoms with van der Waals surface area (Å²) in [5.41, 5.74) is 4.76. The van der Waals surface area contributed by atoms with Crippen LogP contribution >= 0.6 is 0 Å². The van der Waals surface area contributed by atoms with Crippen molar-refractivity contribution in [2.75, 3.05) is 0 Å². The van der Waals surface area contributed by atoms with Crippen molar-refractivity contribution in [2.45, 2.75) is 44.3 Å². The van der Waals surface area contributed by atoms with E-state index < -0.39 is 11.1 Å². The van der Waals surface area contributed by atoms with Crippen LogP contribution < -0.4 is 0 Å². The summed E-state index contributed by atoms with van der Waals surface area (Å²) in [5.74, 6) is 0.946. The molecule has 2 N–H and O–H groups in total. The maximum atomic E-state index is 11.1. The fraction of sp³-hybridized carbons (Fsp3) is 0.500. The van der Waals surface area contributed by atoms with Crippen LogP contribution in [0.25, 0.3) is 5.57 Å². The monoisotopic (exact) mass is 333 g/mol. The molecule has 0 spiro atoms. The molecule has 1 saturated carbocycles. The predicted molar refractivity (Wildman–Crippen MR) is 92.8 cm³/mol. The van der Waals surface area contributed by atoms with Gasteiger partial charge in [0.1, 0.15) is 0 Å². The zero-order chi connectivity index (χ0) is 16.2. The van der Waals surface area contributed by atoms with Crippen LogP contribution in [0.15, 0.2) is 35.0 Å². The molecule has 1 aromatic rings. The van der Waals surface area contributed by atoms with Gasteiger partial charge in [0.25, 0.3) is 0 Å². The Bertz CT molecular complexity index is 647. The smallest absolute Gasteiger partial charge is 0.157 e. The maximum Gasteiger partial charge on any atom is 0.157 e. The Hall–Kier alpha value is -1.46. The average Bonchev–Trinajstić information content (AvgIpc) is 3.16. The van der Waals surface area contributed by atoms with Crippen LogP contribution in [0.4, 0.5) is 0 Å². The topological polar surface area (TPSA) is 69.9 Å². The Morgan fingerprint density at radius 2 is 2.04 bits per heavy atom. The second-order valence-electron chi connectivity index (χ2n) is 6.50. The highest BCUT2D eigenvalue weighted by Gasteiger charge is 2.31. The van der Waals surface area contributed by atoms with Gasteiger partial charge in [-0.25, -0.2) is 4.21 Å². The molecule has 2 aliphatic rings. The van der Waals surface area contributed by atoms with E-state index in [-0.39, 0.29) is 11.7 Å². The maximum absolute atomic E-state index is 11.1. The second-order valence-corrected chi connectivity index (χ2v) is 7.43. The minimum atomic E-state index is -1.83. The molecule has 1 aromatic carbocycles. The summed E-state index contributed by atoms with van der Waals surface area (Å²) in [7, 11) is 0. The summed E-state index contributed by atoms with van der Waals surface area (Å²) in [6, 6.07) is 7.92. The van der Waals surface area contributed by atoms with E-state index in [1.807, 2.05) is 18.2 Å². The zero-order valence-electron chi connectivity index (χ0n) is 13.1. The van der Waals surface area contributed by atoms with Gasteiger partial charge >= 0.3 is 0 Å². The third-order valence-electron chi connectivity index (χ3n) is 5.06. The van der Waals surface area contributed by atoms with Crippen LogP contribution in [0.5, 0.6) is 0 Å². The highest BCUT2D eigenvalue weighted by molar-refractivity contribution is 7.78. The van der Waals surface area contributed by atoms with E-state index >= 15 is 0 Å². The number of oxime groups is 1. The molecule has 3 rings (SSSR count). The van der Waals surface area contributed by atoms with Crippen molar-refractivity contribution >= 4 is 22.9 Å². The molecule has 0 aliphatic heterocycles. The summed E-state index contributed by atoms with van der Waals surface area (Å²) in [4.78, 5) is 0. The fourth-order valence-electron chi connectivity index (χ4n) is 4.13. The van der Waals surface area contributed by atoms with Crippen LogP contribution in [0.1, 0.15) is 49.7 Å². The molecule has 2 unspecified atom stereocenters. The van der Waals surface area contributed by atoms with E-state index in [9.17, 15) is 4.21 Å². The summed E-state index contributed by atoms with van der Waals surface area (Å²) < 4.78 is 20.2. The minimum absolute atomic E-state index is 0.144. The van der Waals surface area contributed by atoms with Crippen molar-refractivity contribution in [1.82, 2.24) is 0 Å². The molecular formula is C18H23NO3S. The molecule has 0 heterocycles. The molecule has 2 atom stereocenters. The lowest BCUT2D eigenvalue weighted by molar-refractivity contribution is 0.319. The van der Waals surface area contributed by atoms with Gasteiger partial charge in [0.2, 0.25) is 0 Å². The first-order valence-corrected chi connectivity index (χ1v) is 9.54. The van der Waals surface area contributed by atoms with E-state index in [1.165, 1.54) is 36.8 Å². The predicted octanol–water partition coefficient (Wildman–Crippen LogP) is 4.22. The zero-order valence-corrected chi connectivity index (χ0v) is 14.0. The normalized spacial score (nSPS) is 24.0. The van der Waals surface area contributed by atoms with Crippen molar-refractivity contribution in [3.63, 3.8) is 0 Å². The van der Waals surface area contributed by atoms with Gasteiger partial charge in [0, 0.05) is 5.92 Å². The Balaban J connectivity index is 2.00. The van der Waals surface area contributed by atoms with Gasteiger partial charge in [-0.05, 0) is 48.3 Å². The molecule has 124 valence electrons. The van der Waals surface area contributed by atoms with Crippen molar-refractivity contribution in [1.29, 1.82) is 0 Å². The van der Waals surface area contributed by atoms with Crippen molar-refractivity contribution in [3.8, 4) is 0 Å². The van der Waals surface area contributed by atoms with Gasteiger partial charge < -0.3 is 9.76 Å². The molecule has 0 bridgehead atoms. The molecule has 23 heavy (non-hydrogen) atoms. The van der Waals surface area contributed by atoms with E-state index in [4.69, 9.17) is 9.76 Å². The average molecular weight is 333 g/mol. The van der Waals surface area contributed by atoms with Crippen molar-refractivity contribution in [3.05, 3.63) is 41.0 Å². The highest BCUT2D eigenvalue weighted by Crippen LogP contribution is 2.46. The van der Waals surface area contributed by atoms with Crippen molar-refractivity contribution < 1.29 is 14.0 Å². The van der Waals surface area contributed by atoms with Crippen LogP contribution in [0.3, 0.4) is 0 Å². The summed E-state index contributed by atoms with van der Waals surface area (Å²) in [6.45, 7) is 0. The van der Waals surface area contributed by atoms with Crippen LogP contribution in [0.2, 0.25) is 0 Å². The summed E-state index contributed by atoms with van der Waals surface area (Å²) in [5, 5.41) is 12.3. The summed E-state index contributed by atoms with van der Waals surface area (Å²) >= 11 is -1.83. The molecule has 0 amide bonds. The lowest BCUT2D eigenvalue weighted by Crippen LogP contribution is -2.04. The van der Waals surface area contributed by atoms with Gasteiger partial charge in [-0.3, -0.25) is 0 Å². The molecule has 0 aromatic heterocycles. The Morgan fingerprint density at radius 1 is 1.26 bits per heavy atom. The Kier molecular flexibility index (Phi) is 5.28. The third kappa shape index (κ3) is 3.72. The van der Waals surface area contributed by atoms with Crippen molar-refractivity contribution in [2.24, 2.45) is 17.0 Å². The van der Waals surface area contributed by atoms with E-state index in [0.717, 1.165) is 24.0 Å². The first kappa shape index (κ1) is 16.4. The standard InChI is InChI=1S/C18H23NO3S/c20-19-11-16-8-9-17(14-5-1-2-6-14)18(16)15-7-3-4-13(10-15)12-23(21)22/h3-4,7,10-11,14,16,20H,1-2,5-6,8-9,12H2,(H,21,22). The fourth-order valence-corrected chi connectivity index (χ4v) is 4.59. The molecule has 5 heteroatoms. The number of allylic oxidation sites excluding steroid dienone is 2. The molecule has 0 saturated heterocycles. The van der Waals surface area contributed by atoms with Crippen LogP contribution in [-0.4, -0.2) is 20.2 Å². The Morgan fingerprint density at radius 3 is 2.74 bits per heavy atom. The molecular weight excluding hydrogens is 310 g/mol. The summed E-state index contributed by atoms with van der Waals surface area (Å²) in [6.07, 6.45) is 8.78. The van der Waals surface area contributed by atoms with Gasteiger partial charge in [-0.1, -0.05) is 42.7 Å². The molecule has 0 radical (unpaired) electrons. The first-order valence-electron chi connectivity index (χ1n) is 8.26. The lowest BCUT2D eigenvalue weighted by atomic mass is 9.88. The molecule has 4 nitrogen and oxygen atoms in total. The van der Waals surface area contributed by atoms with E-state index in [0.29, 0.717) is 5.92 Å². The van der Waals surface area contributed by atoms with Gasteiger partial charge in [-0.2, -0.15) is 0 Å².